The van der Waals surface area contributed by atoms with Gasteiger partial charge in [0.05, 0.1) is 17.8 Å². The van der Waals surface area contributed by atoms with Gasteiger partial charge in [0.25, 0.3) is 0 Å². The van der Waals surface area contributed by atoms with Crippen LogP contribution in [0.5, 0.6) is 0 Å². The molecule has 0 radical (unpaired) electrons. The lowest BCUT2D eigenvalue weighted by molar-refractivity contribution is -0.115. The molecule has 0 aliphatic heterocycles. The molecule has 2 rings (SSSR count). The van der Waals surface area contributed by atoms with E-state index in [-0.39, 0.29) is 5.91 Å². The van der Waals surface area contributed by atoms with E-state index < -0.39 is 0 Å². The van der Waals surface area contributed by atoms with E-state index >= 15 is 0 Å². The maximum Gasteiger partial charge on any atom is 0.228 e. The molecule has 0 spiro atoms. The number of nitrogens with zero attached hydrogens (tertiary/aromatic N) is 1. The zero-order valence-corrected chi connectivity index (χ0v) is 12.5. The van der Waals surface area contributed by atoms with Crippen LogP contribution in [0.3, 0.4) is 0 Å². The summed E-state index contributed by atoms with van der Waals surface area (Å²) in [5.41, 5.74) is 2.79. The van der Waals surface area contributed by atoms with Crippen molar-refractivity contribution in [3.8, 4) is 0 Å². The van der Waals surface area contributed by atoms with Gasteiger partial charge in [-0.2, -0.15) is 0 Å². The van der Waals surface area contributed by atoms with E-state index in [0.29, 0.717) is 6.42 Å². The second-order valence-electron chi connectivity index (χ2n) is 4.80. The Labute approximate surface area is 125 Å². The molecule has 4 heteroatoms. The van der Waals surface area contributed by atoms with Gasteiger partial charge in [0, 0.05) is 19.0 Å². The maximum absolute atomic E-state index is 12.1. The Hall–Kier alpha value is -1.94. The molecule has 2 aromatic carbocycles. The van der Waals surface area contributed by atoms with E-state index in [0.717, 1.165) is 21.8 Å². The number of thiol groups is 1. The first-order chi connectivity index (χ1) is 9.56. The van der Waals surface area contributed by atoms with Gasteiger partial charge in [-0.3, -0.25) is 4.79 Å². The Balaban J connectivity index is 2.07. The molecule has 1 amide bonds. The topological polar surface area (TPSA) is 32.3 Å². The van der Waals surface area contributed by atoms with Crippen LogP contribution < -0.4 is 10.2 Å². The number of amides is 1. The highest BCUT2D eigenvalue weighted by molar-refractivity contribution is 7.80. The summed E-state index contributed by atoms with van der Waals surface area (Å²) in [5, 5.41) is 2.96. The smallest absolute Gasteiger partial charge is 0.228 e. The number of nitrogens with one attached hydrogen (secondary N) is 1. The fourth-order valence-electron chi connectivity index (χ4n) is 1.96. The lowest BCUT2D eigenvalue weighted by atomic mass is 10.1. The number of para-hydroxylation sites is 2. The van der Waals surface area contributed by atoms with E-state index in [1.54, 1.807) is 0 Å². The maximum atomic E-state index is 12.1. The molecule has 20 heavy (non-hydrogen) atoms. The second kappa shape index (κ2) is 6.48. The van der Waals surface area contributed by atoms with Gasteiger partial charge in [-0.1, -0.05) is 24.3 Å². The van der Waals surface area contributed by atoms with Crippen molar-refractivity contribution < 1.29 is 4.79 Å². The largest absolute Gasteiger partial charge is 0.376 e. The number of carbonyl (C=O) groups is 1. The van der Waals surface area contributed by atoms with Crippen LogP contribution in [0.25, 0.3) is 0 Å². The molecular formula is C16H18N2OS. The van der Waals surface area contributed by atoms with Crippen molar-refractivity contribution in [2.75, 3.05) is 24.3 Å². The minimum Gasteiger partial charge on any atom is -0.376 e. The van der Waals surface area contributed by atoms with Gasteiger partial charge < -0.3 is 10.2 Å². The highest BCUT2D eigenvalue weighted by atomic mass is 32.1. The predicted octanol–water partition coefficient (Wildman–Crippen LogP) is 3.22. The van der Waals surface area contributed by atoms with Gasteiger partial charge >= 0.3 is 0 Å². The van der Waals surface area contributed by atoms with Crippen molar-refractivity contribution in [1.82, 2.24) is 0 Å². The number of anilines is 2. The van der Waals surface area contributed by atoms with Crippen molar-refractivity contribution in [3.05, 3.63) is 54.1 Å². The first kappa shape index (κ1) is 14.5. The van der Waals surface area contributed by atoms with Crippen LogP contribution >= 0.6 is 12.6 Å². The summed E-state index contributed by atoms with van der Waals surface area (Å²) in [5.74, 6) is -0.0220. The molecule has 0 saturated heterocycles. The Morgan fingerprint density at radius 2 is 1.75 bits per heavy atom. The molecule has 0 atom stereocenters. The summed E-state index contributed by atoms with van der Waals surface area (Å²) < 4.78 is 0. The average Bonchev–Trinajstić information content (AvgIpc) is 2.41. The summed E-state index contributed by atoms with van der Waals surface area (Å²) in [6, 6.07) is 15.4. The lowest BCUT2D eigenvalue weighted by Crippen LogP contribution is -2.18. The first-order valence-corrected chi connectivity index (χ1v) is 6.85. The summed E-state index contributed by atoms with van der Waals surface area (Å²) in [6.07, 6.45) is 0.357. The van der Waals surface area contributed by atoms with Gasteiger partial charge in [0.1, 0.15) is 0 Å². The van der Waals surface area contributed by atoms with E-state index in [2.05, 4.69) is 17.9 Å². The monoisotopic (exact) mass is 286 g/mol. The van der Waals surface area contributed by atoms with Crippen LogP contribution in [0.4, 0.5) is 11.4 Å². The third kappa shape index (κ3) is 3.78. The quantitative estimate of drug-likeness (QED) is 0.846. The Morgan fingerprint density at radius 1 is 1.10 bits per heavy atom. The van der Waals surface area contributed by atoms with Crippen molar-refractivity contribution in [2.24, 2.45) is 0 Å². The van der Waals surface area contributed by atoms with Crippen molar-refractivity contribution in [2.45, 2.75) is 11.3 Å². The zero-order chi connectivity index (χ0) is 14.5. The molecule has 0 aliphatic rings. The number of carbonyl (C=O) groups excluding carboxylic acids is 1. The van der Waals surface area contributed by atoms with E-state index in [1.807, 2.05) is 67.5 Å². The SMILES string of the molecule is CN(C)c1ccccc1NC(=O)Cc1ccc(S)cc1. The van der Waals surface area contributed by atoms with E-state index in [4.69, 9.17) is 0 Å². The van der Waals surface area contributed by atoms with Crippen LogP contribution in [0.2, 0.25) is 0 Å². The second-order valence-corrected chi connectivity index (χ2v) is 5.32. The van der Waals surface area contributed by atoms with Gasteiger partial charge in [-0.15, -0.1) is 12.6 Å². The Kier molecular flexibility index (Phi) is 4.69. The molecule has 0 bridgehead atoms. The van der Waals surface area contributed by atoms with Crippen LogP contribution in [0, 0.1) is 0 Å². The Morgan fingerprint density at radius 3 is 2.40 bits per heavy atom. The third-order valence-corrected chi connectivity index (χ3v) is 3.26. The van der Waals surface area contributed by atoms with Gasteiger partial charge in [-0.05, 0) is 29.8 Å². The molecule has 0 unspecified atom stereocenters. The standard InChI is InChI=1S/C16H18N2OS/c1-18(2)15-6-4-3-5-14(15)17-16(19)11-12-7-9-13(20)10-8-12/h3-10,20H,11H2,1-2H3,(H,17,19). The zero-order valence-electron chi connectivity index (χ0n) is 11.6. The van der Waals surface area contributed by atoms with Crippen LogP contribution in [0.15, 0.2) is 53.4 Å². The van der Waals surface area contributed by atoms with Crippen molar-refractivity contribution in [3.63, 3.8) is 0 Å². The molecular weight excluding hydrogens is 268 g/mol. The fraction of sp³-hybridized carbons (Fsp3) is 0.188. The van der Waals surface area contributed by atoms with E-state index in [1.165, 1.54) is 0 Å². The molecule has 0 aromatic heterocycles. The van der Waals surface area contributed by atoms with Crippen molar-refractivity contribution >= 4 is 29.9 Å². The van der Waals surface area contributed by atoms with Gasteiger partial charge in [-0.25, -0.2) is 0 Å². The fourth-order valence-corrected chi connectivity index (χ4v) is 2.11. The first-order valence-electron chi connectivity index (χ1n) is 6.40. The van der Waals surface area contributed by atoms with Gasteiger partial charge in [0.2, 0.25) is 5.91 Å². The van der Waals surface area contributed by atoms with Crippen LogP contribution in [-0.2, 0) is 11.2 Å². The average molecular weight is 286 g/mol. The lowest BCUT2D eigenvalue weighted by Gasteiger charge is -2.17. The summed E-state index contributed by atoms with van der Waals surface area (Å²) in [4.78, 5) is 15.0. The molecule has 0 saturated carbocycles. The van der Waals surface area contributed by atoms with Crippen molar-refractivity contribution in [1.29, 1.82) is 0 Å². The predicted molar refractivity (Wildman–Crippen MR) is 86.8 cm³/mol. The molecule has 2 aromatic rings. The molecule has 1 N–H and O–H groups in total. The number of rotatable bonds is 4. The minimum atomic E-state index is -0.0220. The third-order valence-electron chi connectivity index (χ3n) is 2.96. The molecule has 104 valence electrons. The molecule has 3 nitrogen and oxygen atoms in total. The summed E-state index contributed by atoms with van der Waals surface area (Å²) >= 11 is 4.23. The molecule has 0 heterocycles. The molecule has 0 fully saturated rings. The molecule has 0 aliphatic carbocycles. The number of benzene rings is 2. The Bertz CT molecular complexity index is 594. The highest BCUT2D eigenvalue weighted by Crippen LogP contribution is 2.23. The van der Waals surface area contributed by atoms with Gasteiger partial charge in [0.15, 0.2) is 0 Å². The minimum absolute atomic E-state index is 0.0220. The highest BCUT2D eigenvalue weighted by Gasteiger charge is 2.08. The number of hydrogen-bond acceptors (Lipinski definition) is 3. The van der Waals surface area contributed by atoms with Crippen LogP contribution in [-0.4, -0.2) is 20.0 Å². The normalized spacial score (nSPS) is 10.2. The van der Waals surface area contributed by atoms with E-state index in [9.17, 15) is 4.79 Å². The summed E-state index contributed by atoms with van der Waals surface area (Å²) in [7, 11) is 3.91. The summed E-state index contributed by atoms with van der Waals surface area (Å²) in [6.45, 7) is 0. The van der Waals surface area contributed by atoms with Crippen LogP contribution in [0.1, 0.15) is 5.56 Å². The number of hydrogen-bond donors (Lipinski definition) is 2.